The molecule has 1 saturated heterocycles. The van der Waals surface area contributed by atoms with Crippen molar-refractivity contribution in [1.29, 1.82) is 0 Å². The van der Waals surface area contributed by atoms with E-state index in [2.05, 4.69) is 29.0 Å². The van der Waals surface area contributed by atoms with Crippen LogP contribution in [-0.4, -0.2) is 46.8 Å². The number of nitrogens with one attached hydrogen (secondary N) is 1. The number of benzene rings is 1. The number of hydrogen-bond donors (Lipinski definition) is 1. The molecule has 2 aromatic rings. The van der Waals surface area contributed by atoms with Gasteiger partial charge in [-0.2, -0.15) is 5.10 Å². The van der Waals surface area contributed by atoms with Gasteiger partial charge in [-0.1, -0.05) is 13.8 Å². The number of carbonyl (C=O) groups is 1. The van der Waals surface area contributed by atoms with Gasteiger partial charge in [0.2, 0.25) is 0 Å². The predicted octanol–water partition coefficient (Wildman–Crippen LogP) is 3.31. The zero-order valence-corrected chi connectivity index (χ0v) is 15.8. The van der Waals surface area contributed by atoms with Crippen molar-refractivity contribution in [3.8, 4) is 11.5 Å². The van der Waals surface area contributed by atoms with Crippen LogP contribution in [-0.2, 0) is 0 Å². The molecule has 1 aliphatic heterocycles. The Hall–Kier alpha value is -2.57. The van der Waals surface area contributed by atoms with Crippen LogP contribution in [0.15, 0.2) is 18.2 Å². The lowest BCUT2D eigenvalue weighted by Gasteiger charge is -2.34. The second kappa shape index (κ2) is 7.76. The third-order valence-corrected chi connectivity index (χ3v) is 4.75. The molecule has 0 radical (unpaired) electrons. The molecule has 1 N–H and O–H groups in total. The molecule has 1 aromatic carbocycles. The van der Waals surface area contributed by atoms with E-state index < -0.39 is 0 Å². The van der Waals surface area contributed by atoms with Gasteiger partial charge in [0.15, 0.2) is 17.3 Å². The van der Waals surface area contributed by atoms with Gasteiger partial charge in [0.05, 0.1) is 20.3 Å². The van der Waals surface area contributed by atoms with Crippen LogP contribution in [0.2, 0.25) is 0 Å². The highest BCUT2D eigenvalue weighted by molar-refractivity contribution is 5.95. The third kappa shape index (κ3) is 3.52. The number of H-pyrrole nitrogens is 1. The number of amides is 1. The molecule has 0 aliphatic carbocycles. The van der Waals surface area contributed by atoms with Crippen LogP contribution in [0.25, 0.3) is 0 Å². The first-order valence-electron chi connectivity index (χ1n) is 9.00. The first-order chi connectivity index (χ1) is 12.5. The Labute approximate surface area is 153 Å². The van der Waals surface area contributed by atoms with E-state index in [0.29, 0.717) is 23.6 Å². The summed E-state index contributed by atoms with van der Waals surface area (Å²) < 4.78 is 10.6. The second-order valence-electron chi connectivity index (χ2n) is 6.81. The summed E-state index contributed by atoms with van der Waals surface area (Å²) in [5.41, 5.74) is 0.582. The van der Waals surface area contributed by atoms with E-state index >= 15 is 0 Å². The number of piperidine rings is 1. The molecule has 0 bridgehead atoms. The SMILES string of the molecule is COc1ccc(C(=O)N2CCCC[C@H]2c2nc(C(C)C)n[nH]2)cc1OC. The normalized spacial score (nSPS) is 17.4. The van der Waals surface area contributed by atoms with Crippen molar-refractivity contribution in [2.24, 2.45) is 0 Å². The van der Waals surface area contributed by atoms with Crippen molar-refractivity contribution in [3.63, 3.8) is 0 Å². The summed E-state index contributed by atoms with van der Waals surface area (Å²) >= 11 is 0. The largest absolute Gasteiger partial charge is 0.493 e. The van der Waals surface area contributed by atoms with Gasteiger partial charge >= 0.3 is 0 Å². The van der Waals surface area contributed by atoms with Crippen LogP contribution in [0.1, 0.15) is 67.1 Å². The van der Waals surface area contributed by atoms with Crippen LogP contribution in [0.4, 0.5) is 0 Å². The summed E-state index contributed by atoms with van der Waals surface area (Å²) in [6, 6.07) is 5.18. The van der Waals surface area contributed by atoms with Crippen LogP contribution < -0.4 is 9.47 Å². The summed E-state index contributed by atoms with van der Waals surface area (Å²) in [6.45, 7) is 4.82. The molecule has 7 heteroatoms. The van der Waals surface area contributed by atoms with E-state index in [-0.39, 0.29) is 17.9 Å². The van der Waals surface area contributed by atoms with E-state index in [0.717, 1.165) is 30.9 Å². The highest BCUT2D eigenvalue weighted by Gasteiger charge is 2.31. The Morgan fingerprint density at radius 1 is 1.23 bits per heavy atom. The molecule has 1 aliphatic rings. The molecule has 1 amide bonds. The lowest BCUT2D eigenvalue weighted by Crippen LogP contribution is -2.39. The van der Waals surface area contributed by atoms with Crippen LogP contribution >= 0.6 is 0 Å². The first kappa shape index (κ1) is 18.2. The molecule has 1 aromatic heterocycles. The topological polar surface area (TPSA) is 80.3 Å². The molecular formula is C19H26N4O3. The highest BCUT2D eigenvalue weighted by atomic mass is 16.5. The third-order valence-electron chi connectivity index (χ3n) is 4.75. The zero-order chi connectivity index (χ0) is 18.7. The predicted molar refractivity (Wildman–Crippen MR) is 97.6 cm³/mol. The van der Waals surface area contributed by atoms with Crippen molar-refractivity contribution in [2.75, 3.05) is 20.8 Å². The van der Waals surface area contributed by atoms with Gasteiger partial charge in [0.1, 0.15) is 5.82 Å². The van der Waals surface area contributed by atoms with Crippen molar-refractivity contribution >= 4 is 5.91 Å². The van der Waals surface area contributed by atoms with Gasteiger partial charge in [-0.25, -0.2) is 4.98 Å². The van der Waals surface area contributed by atoms with E-state index in [1.807, 2.05) is 4.90 Å². The summed E-state index contributed by atoms with van der Waals surface area (Å²) in [5, 5.41) is 7.33. The number of methoxy groups -OCH3 is 2. The quantitative estimate of drug-likeness (QED) is 0.887. The second-order valence-corrected chi connectivity index (χ2v) is 6.81. The maximum absolute atomic E-state index is 13.2. The number of aromatic nitrogens is 3. The smallest absolute Gasteiger partial charge is 0.254 e. The van der Waals surface area contributed by atoms with Crippen LogP contribution in [0.3, 0.4) is 0 Å². The molecule has 1 atom stereocenters. The molecule has 0 spiro atoms. The number of nitrogens with zero attached hydrogens (tertiary/aromatic N) is 3. The maximum Gasteiger partial charge on any atom is 0.254 e. The van der Waals surface area contributed by atoms with Gasteiger partial charge < -0.3 is 14.4 Å². The molecule has 26 heavy (non-hydrogen) atoms. The zero-order valence-electron chi connectivity index (χ0n) is 15.8. The minimum atomic E-state index is -0.0793. The molecule has 0 unspecified atom stereocenters. The van der Waals surface area contributed by atoms with E-state index in [1.54, 1.807) is 32.4 Å². The molecular weight excluding hydrogens is 332 g/mol. The van der Waals surface area contributed by atoms with Gasteiger partial charge in [-0.05, 0) is 37.5 Å². The Morgan fingerprint density at radius 3 is 2.65 bits per heavy atom. The molecule has 1 fully saturated rings. The summed E-state index contributed by atoms with van der Waals surface area (Å²) in [4.78, 5) is 19.7. The number of carbonyl (C=O) groups excluding carboxylic acids is 1. The molecule has 140 valence electrons. The van der Waals surface area contributed by atoms with Crippen LogP contribution in [0, 0.1) is 0 Å². The number of hydrogen-bond acceptors (Lipinski definition) is 5. The number of likely N-dealkylation sites (tertiary alicyclic amines) is 1. The Balaban J connectivity index is 1.88. The summed E-state index contributed by atoms with van der Waals surface area (Å²) in [5.74, 6) is 2.92. The summed E-state index contributed by atoms with van der Waals surface area (Å²) in [6.07, 6.45) is 2.94. The van der Waals surface area contributed by atoms with Gasteiger partial charge in [0.25, 0.3) is 5.91 Å². The monoisotopic (exact) mass is 358 g/mol. The lowest BCUT2D eigenvalue weighted by atomic mass is 10.00. The number of ether oxygens (including phenoxy) is 2. The van der Waals surface area contributed by atoms with Crippen molar-refractivity contribution in [2.45, 2.75) is 45.1 Å². The average molecular weight is 358 g/mol. The van der Waals surface area contributed by atoms with Crippen molar-refractivity contribution < 1.29 is 14.3 Å². The lowest BCUT2D eigenvalue weighted by molar-refractivity contribution is 0.0600. The minimum absolute atomic E-state index is 0.0295. The van der Waals surface area contributed by atoms with Crippen LogP contribution in [0.5, 0.6) is 11.5 Å². The van der Waals surface area contributed by atoms with E-state index in [9.17, 15) is 4.79 Å². The number of rotatable bonds is 5. The van der Waals surface area contributed by atoms with E-state index in [1.165, 1.54) is 0 Å². The maximum atomic E-state index is 13.2. The minimum Gasteiger partial charge on any atom is -0.493 e. The fourth-order valence-electron chi connectivity index (χ4n) is 3.29. The fraction of sp³-hybridized carbons (Fsp3) is 0.526. The highest BCUT2D eigenvalue weighted by Crippen LogP contribution is 2.33. The summed E-state index contributed by atoms with van der Waals surface area (Å²) in [7, 11) is 3.15. The first-order valence-corrected chi connectivity index (χ1v) is 9.00. The molecule has 7 nitrogen and oxygen atoms in total. The van der Waals surface area contributed by atoms with Gasteiger partial charge in [0, 0.05) is 18.0 Å². The molecule has 0 saturated carbocycles. The Kier molecular flexibility index (Phi) is 5.44. The van der Waals surface area contributed by atoms with Gasteiger partial charge in [-0.15, -0.1) is 0 Å². The van der Waals surface area contributed by atoms with Crippen molar-refractivity contribution in [3.05, 3.63) is 35.4 Å². The van der Waals surface area contributed by atoms with E-state index in [4.69, 9.17) is 9.47 Å². The van der Waals surface area contributed by atoms with Crippen molar-refractivity contribution in [1.82, 2.24) is 20.1 Å². The Bertz CT molecular complexity index is 772. The Morgan fingerprint density at radius 2 is 2.00 bits per heavy atom. The van der Waals surface area contributed by atoms with Gasteiger partial charge in [-0.3, -0.25) is 9.89 Å². The standard InChI is InChI=1S/C19H26N4O3/c1-12(2)17-20-18(22-21-17)14-7-5-6-10-23(14)19(24)13-8-9-15(25-3)16(11-13)26-4/h8-9,11-12,14H,5-7,10H2,1-4H3,(H,20,21,22)/t14-/m0/s1. The molecule has 3 rings (SSSR count). The average Bonchev–Trinajstić information content (AvgIpc) is 3.17. The number of aromatic amines is 1. The fourth-order valence-corrected chi connectivity index (χ4v) is 3.29. The molecule has 2 heterocycles.